The summed E-state index contributed by atoms with van der Waals surface area (Å²) in [6, 6.07) is 6.82. The second-order valence-electron chi connectivity index (χ2n) is 6.48. The first-order valence-electron chi connectivity index (χ1n) is 8.43. The highest BCUT2D eigenvalue weighted by Gasteiger charge is 2.49. The van der Waals surface area contributed by atoms with E-state index in [9.17, 15) is 18.0 Å². The summed E-state index contributed by atoms with van der Waals surface area (Å²) in [5.41, 5.74) is 0.585. The van der Waals surface area contributed by atoms with Crippen molar-refractivity contribution in [3.05, 3.63) is 24.3 Å². The molecule has 2 aliphatic rings. The van der Waals surface area contributed by atoms with Gasteiger partial charge in [0.2, 0.25) is 11.8 Å². The van der Waals surface area contributed by atoms with Crippen LogP contribution in [0.4, 0.5) is 5.69 Å². The zero-order valence-corrected chi connectivity index (χ0v) is 14.8. The van der Waals surface area contributed by atoms with Gasteiger partial charge in [-0.3, -0.25) is 9.59 Å². The first-order chi connectivity index (χ1) is 11.9. The summed E-state index contributed by atoms with van der Waals surface area (Å²) in [5, 5.41) is 5.56. The number of benzene rings is 1. The van der Waals surface area contributed by atoms with E-state index < -0.39 is 9.84 Å². The molecule has 2 N–H and O–H groups in total. The second kappa shape index (κ2) is 7.03. The number of carbonyl (C=O) groups excluding carboxylic acids is 2. The van der Waals surface area contributed by atoms with Gasteiger partial charge in [-0.25, -0.2) is 8.42 Å². The maximum atomic E-state index is 12.3. The Bertz CT molecular complexity index is 777. The van der Waals surface area contributed by atoms with Crippen LogP contribution in [0.25, 0.3) is 0 Å². The number of rotatable bonds is 6. The van der Waals surface area contributed by atoms with Crippen molar-refractivity contribution < 1.29 is 22.7 Å². The first-order valence-corrected chi connectivity index (χ1v) is 10.2. The Balaban J connectivity index is 1.53. The summed E-state index contributed by atoms with van der Waals surface area (Å²) in [6.07, 6.45) is 0.924. The number of sulfone groups is 1. The van der Waals surface area contributed by atoms with Gasteiger partial charge < -0.3 is 15.4 Å². The van der Waals surface area contributed by atoms with Crippen molar-refractivity contribution in [2.45, 2.75) is 25.8 Å². The summed E-state index contributed by atoms with van der Waals surface area (Å²) < 4.78 is 28.4. The van der Waals surface area contributed by atoms with Crippen molar-refractivity contribution in [2.75, 3.05) is 23.4 Å². The topological polar surface area (TPSA) is 102 Å². The molecule has 1 aromatic rings. The minimum absolute atomic E-state index is 0.00987. The van der Waals surface area contributed by atoms with Crippen LogP contribution in [-0.2, 0) is 19.4 Å². The second-order valence-corrected chi connectivity index (χ2v) is 8.70. The molecule has 2 amide bonds. The van der Waals surface area contributed by atoms with Gasteiger partial charge in [0.1, 0.15) is 5.75 Å². The SMILES string of the molecule is CCOc1ccccc1NC(=O)C1CC1C(=O)NC1CCS(=O)(=O)C1. The van der Waals surface area contributed by atoms with Crippen molar-refractivity contribution >= 4 is 27.3 Å². The van der Waals surface area contributed by atoms with Crippen LogP contribution in [0.3, 0.4) is 0 Å². The zero-order valence-electron chi connectivity index (χ0n) is 14.0. The lowest BCUT2D eigenvalue weighted by atomic mass is 10.2. The summed E-state index contributed by atoms with van der Waals surface area (Å²) in [5.74, 6) is -0.525. The fourth-order valence-corrected chi connectivity index (χ4v) is 4.74. The van der Waals surface area contributed by atoms with Crippen LogP contribution in [0.5, 0.6) is 5.75 Å². The van der Waals surface area contributed by atoms with E-state index in [2.05, 4.69) is 10.6 Å². The molecule has 1 saturated heterocycles. The zero-order chi connectivity index (χ0) is 18.0. The van der Waals surface area contributed by atoms with E-state index in [4.69, 9.17) is 4.74 Å². The lowest BCUT2D eigenvalue weighted by molar-refractivity contribution is -0.125. The number of amides is 2. The highest BCUT2D eigenvalue weighted by Crippen LogP contribution is 2.40. The van der Waals surface area contributed by atoms with E-state index in [1.54, 1.807) is 18.2 Å². The molecule has 0 spiro atoms. The smallest absolute Gasteiger partial charge is 0.228 e. The van der Waals surface area contributed by atoms with Gasteiger partial charge in [-0.1, -0.05) is 12.1 Å². The van der Waals surface area contributed by atoms with Gasteiger partial charge in [0, 0.05) is 6.04 Å². The number of ether oxygens (including phenoxy) is 1. The Morgan fingerprint density at radius 2 is 1.92 bits per heavy atom. The first kappa shape index (κ1) is 17.7. The van der Waals surface area contributed by atoms with Crippen LogP contribution in [-0.4, -0.2) is 44.4 Å². The molecule has 7 nitrogen and oxygen atoms in total. The molecule has 136 valence electrons. The Hall–Kier alpha value is -2.09. The number of hydrogen-bond donors (Lipinski definition) is 2. The normalized spacial score (nSPS) is 26.7. The van der Waals surface area contributed by atoms with E-state index in [0.29, 0.717) is 30.9 Å². The van der Waals surface area contributed by atoms with Crippen molar-refractivity contribution in [3.63, 3.8) is 0 Å². The highest BCUT2D eigenvalue weighted by atomic mass is 32.2. The quantitative estimate of drug-likeness (QED) is 0.781. The molecule has 1 heterocycles. The third-order valence-corrected chi connectivity index (χ3v) is 6.26. The predicted octanol–water partition coefficient (Wildman–Crippen LogP) is 0.963. The summed E-state index contributed by atoms with van der Waals surface area (Å²) >= 11 is 0. The van der Waals surface area contributed by atoms with E-state index in [0.717, 1.165) is 0 Å². The molecule has 0 radical (unpaired) electrons. The van der Waals surface area contributed by atoms with Gasteiger partial charge >= 0.3 is 0 Å². The fourth-order valence-electron chi connectivity index (χ4n) is 3.07. The number of anilines is 1. The van der Waals surface area contributed by atoms with Crippen LogP contribution in [0, 0.1) is 11.8 Å². The molecule has 1 aliphatic carbocycles. The van der Waals surface area contributed by atoms with Crippen LogP contribution < -0.4 is 15.4 Å². The van der Waals surface area contributed by atoms with E-state index in [-0.39, 0.29) is 41.2 Å². The average Bonchev–Trinajstić information content (AvgIpc) is 3.29. The van der Waals surface area contributed by atoms with Crippen LogP contribution in [0.15, 0.2) is 24.3 Å². The molecule has 0 aromatic heterocycles. The molecule has 3 unspecified atom stereocenters. The largest absolute Gasteiger partial charge is 0.492 e. The lowest BCUT2D eigenvalue weighted by Gasteiger charge is -2.12. The van der Waals surface area contributed by atoms with Crippen LogP contribution in [0.1, 0.15) is 19.8 Å². The maximum absolute atomic E-state index is 12.3. The predicted molar refractivity (Wildman–Crippen MR) is 93.0 cm³/mol. The van der Waals surface area contributed by atoms with Crippen LogP contribution in [0.2, 0.25) is 0 Å². The Kier molecular flexibility index (Phi) is 4.99. The van der Waals surface area contributed by atoms with Crippen LogP contribution >= 0.6 is 0 Å². The molecular weight excluding hydrogens is 344 g/mol. The van der Waals surface area contributed by atoms with Gasteiger partial charge in [0.25, 0.3) is 0 Å². The molecule has 25 heavy (non-hydrogen) atoms. The van der Waals surface area contributed by atoms with Crippen molar-refractivity contribution in [2.24, 2.45) is 11.8 Å². The third kappa shape index (κ3) is 4.31. The minimum Gasteiger partial charge on any atom is -0.492 e. The van der Waals surface area contributed by atoms with Crippen molar-refractivity contribution in [1.82, 2.24) is 5.32 Å². The lowest BCUT2D eigenvalue weighted by Crippen LogP contribution is -2.37. The molecular formula is C17H22N2O5S. The van der Waals surface area contributed by atoms with E-state index in [1.165, 1.54) is 0 Å². The van der Waals surface area contributed by atoms with Gasteiger partial charge in [-0.15, -0.1) is 0 Å². The highest BCUT2D eigenvalue weighted by molar-refractivity contribution is 7.91. The maximum Gasteiger partial charge on any atom is 0.228 e. The summed E-state index contributed by atoms with van der Waals surface area (Å²) in [7, 11) is -3.04. The Labute approximate surface area is 147 Å². The minimum atomic E-state index is -3.04. The summed E-state index contributed by atoms with van der Waals surface area (Å²) in [4.78, 5) is 24.5. The standard InChI is InChI=1S/C17H22N2O5S/c1-2-24-15-6-4-3-5-14(15)19-17(21)13-9-12(13)16(20)18-11-7-8-25(22,23)10-11/h3-6,11-13H,2,7-10H2,1H3,(H,18,20)(H,19,21). The van der Waals surface area contributed by atoms with Crippen molar-refractivity contribution in [1.29, 1.82) is 0 Å². The monoisotopic (exact) mass is 366 g/mol. The van der Waals surface area contributed by atoms with Gasteiger partial charge in [-0.05, 0) is 31.9 Å². The van der Waals surface area contributed by atoms with Gasteiger partial charge in [0.05, 0.1) is 35.6 Å². The molecule has 0 bridgehead atoms. The van der Waals surface area contributed by atoms with Crippen molar-refractivity contribution in [3.8, 4) is 5.75 Å². The Morgan fingerprint density at radius 1 is 1.20 bits per heavy atom. The molecule has 2 fully saturated rings. The number of para-hydroxylation sites is 2. The van der Waals surface area contributed by atoms with Gasteiger partial charge in [0.15, 0.2) is 9.84 Å². The fraction of sp³-hybridized carbons (Fsp3) is 0.529. The van der Waals surface area contributed by atoms with E-state index >= 15 is 0 Å². The third-order valence-electron chi connectivity index (χ3n) is 4.49. The average molecular weight is 366 g/mol. The number of nitrogens with one attached hydrogen (secondary N) is 2. The Morgan fingerprint density at radius 3 is 2.60 bits per heavy atom. The molecule has 1 saturated carbocycles. The molecule has 1 aliphatic heterocycles. The molecule has 1 aromatic carbocycles. The molecule has 3 atom stereocenters. The van der Waals surface area contributed by atoms with Gasteiger partial charge in [-0.2, -0.15) is 0 Å². The number of carbonyl (C=O) groups is 2. The summed E-state index contributed by atoms with van der Waals surface area (Å²) in [6.45, 7) is 2.36. The molecule has 8 heteroatoms. The number of hydrogen-bond acceptors (Lipinski definition) is 5. The molecule has 3 rings (SSSR count). The van der Waals surface area contributed by atoms with E-state index in [1.807, 2.05) is 13.0 Å².